The molecule has 3 heterocycles. The van der Waals surface area contributed by atoms with Crippen LogP contribution in [0, 0.1) is 23.2 Å². The van der Waals surface area contributed by atoms with E-state index in [2.05, 4.69) is 16.3 Å². The van der Waals surface area contributed by atoms with Crippen LogP contribution in [0.5, 0.6) is 0 Å². The first kappa shape index (κ1) is 21.9. The normalized spacial score (nSPS) is 31.8. The smallest absolute Gasteiger partial charge is 0.251 e. The van der Waals surface area contributed by atoms with Gasteiger partial charge in [0, 0.05) is 43.7 Å². The molecule has 8 heteroatoms. The Labute approximate surface area is 194 Å². The molecule has 7 atom stereocenters. The van der Waals surface area contributed by atoms with Crippen molar-refractivity contribution in [1.82, 2.24) is 20.0 Å². The monoisotopic (exact) mass is 449 g/mol. The van der Waals surface area contributed by atoms with E-state index in [-0.39, 0.29) is 53.8 Å². The molecular formula is C25H31N5O3. The third-order valence-electron chi connectivity index (χ3n) is 8.03. The van der Waals surface area contributed by atoms with Crippen molar-refractivity contribution in [2.45, 2.75) is 63.3 Å². The summed E-state index contributed by atoms with van der Waals surface area (Å²) >= 11 is 0. The molecule has 3 saturated heterocycles. The van der Waals surface area contributed by atoms with Gasteiger partial charge >= 0.3 is 0 Å². The summed E-state index contributed by atoms with van der Waals surface area (Å²) in [5, 5.41) is 12.1. The molecule has 1 aromatic rings. The fraction of sp³-hybridized carbons (Fsp3) is 0.600. The fourth-order valence-electron chi connectivity index (χ4n) is 6.22. The van der Waals surface area contributed by atoms with Gasteiger partial charge < -0.3 is 15.1 Å². The summed E-state index contributed by atoms with van der Waals surface area (Å²) in [4.78, 5) is 44.4. The second kappa shape index (κ2) is 8.14. The van der Waals surface area contributed by atoms with Crippen LogP contribution in [0.4, 0.5) is 0 Å². The minimum absolute atomic E-state index is 0.0537. The van der Waals surface area contributed by atoms with Crippen LogP contribution in [0.25, 0.3) is 0 Å². The van der Waals surface area contributed by atoms with Crippen molar-refractivity contribution < 1.29 is 14.4 Å². The van der Waals surface area contributed by atoms with Crippen LogP contribution in [-0.2, 0) is 9.59 Å². The average molecular weight is 450 g/mol. The second-order valence-electron chi connectivity index (χ2n) is 10.1. The van der Waals surface area contributed by atoms with Crippen LogP contribution >= 0.6 is 0 Å². The van der Waals surface area contributed by atoms with E-state index in [0.29, 0.717) is 18.0 Å². The van der Waals surface area contributed by atoms with Gasteiger partial charge in [0.1, 0.15) is 6.04 Å². The van der Waals surface area contributed by atoms with Crippen molar-refractivity contribution in [2.75, 3.05) is 20.1 Å². The van der Waals surface area contributed by atoms with Crippen LogP contribution < -0.4 is 5.32 Å². The highest BCUT2D eigenvalue weighted by Gasteiger charge is 2.55. The van der Waals surface area contributed by atoms with Crippen LogP contribution in [0.15, 0.2) is 24.3 Å². The number of likely N-dealkylation sites (tertiary alicyclic amines) is 3. The lowest BCUT2D eigenvalue weighted by molar-refractivity contribution is -0.142. The van der Waals surface area contributed by atoms with Crippen molar-refractivity contribution in [3.05, 3.63) is 35.4 Å². The van der Waals surface area contributed by atoms with Crippen molar-refractivity contribution in [1.29, 1.82) is 5.26 Å². The number of carbonyl (C=O) groups is 3. The Balaban J connectivity index is 1.24. The number of piperidine rings is 1. The summed E-state index contributed by atoms with van der Waals surface area (Å²) in [5.74, 6) is 0.284. The maximum absolute atomic E-state index is 13.3. The number of fused-ring (bicyclic) bond motifs is 3. The molecule has 8 nitrogen and oxygen atoms in total. The summed E-state index contributed by atoms with van der Waals surface area (Å²) in [6.45, 7) is 5.24. The molecule has 1 aliphatic carbocycles. The fourth-order valence-corrected chi connectivity index (χ4v) is 6.22. The molecule has 33 heavy (non-hydrogen) atoms. The Bertz CT molecular complexity index is 1040. The standard InChI is InChI=1S/C25H31N5O3/c1-14(24(32)30-19(11-26)8-18-9-21(18)30)12-28-13-20-10-22(28)25(33)29(20)15(2)16-5-4-6-17(7-16)23(31)27-3/h4-7,14-15,18-22H,8-10,12-13H2,1-3H3,(H,27,31)/t14-,15-,18+,19-,20+,21?,22+/m0/s1. The van der Waals surface area contributed by atoms with Crippen LogP contribution in [0.1, 0.15) is 55.1 Å². The maximum atomic E-state index is 13.3. The lowest BCUT2D eigenvalue weighted by Crippen LogP contribution is -2.53. The molecule has 1 N–H and O–H groups in total. The Hall–Kier alpha value is -2.92. The predicted octanol–water partition coefficient (Wildman–Crippen LogP) is 1.54. The van der Waals surface area contributed by atoms with Crippen molar-refractivity contribution in [3.63, 3.8) is 0 Å². The van der Waals surface area contributed by atoms with E-state index in [9.17, 15) is 19.6 Å². The Morgan fingerprint density at radius 2 is 2.03 bits per heavy atom. The third kappa shape index (κ3) is 3.59. The van der Waals surface area contributed by atoms with Gasteiger partial charge in [-0.25, -0.2) is 0 Å². The maximum Gasteiger partial charge on any atom is 0.251 e. The molecule has 1 aromatic carbocycles. The summed E-state index contributed by atoms with van der Waals surface area (Å²) in [7, 11) is 1.61. The number of benzene rings is 1. The summed E-state index contributed by atoms with van der Waals surface area (Å²) < 4.78 is 0. The van der Waals surface area contributed by atoms with E-state index in [4.69, 9.17) is 0 Å². The van der Waals surface area contributed by atoms with Gasteiger partial charge in [-0.2, -0.15) is 5.26 Å². The molecule has 3 amide bonds. The van der Waals surface area contributed by atoms with Crippen LogP contribution in [0.3, 0.4) is 0 Å². The molecule has 0 spiro atoms. The minimum atomic E-state index is -0.290. The second-order valence-corrected chi connectivity index (χ2v) is 10.1. The first-order valence-corrected chi connectivity index (χ1v) is 11.9. The van der Waals surface area contributed by atoms with E-state index in [0.717, 1.165) is 31.4 Å². The van der Waals surface area contributed by atoms with Gasteiger partial charge in [-0.3, -0.25) is 19.3 Å². The molecule has 4 fully saturated rings. The molecule has 2 bridgehead atoms. The van der Waals surface area contributed by atoms with Crippen molar-refractivity contribution >= 4 is 17.7 Å². The topological polar surface area (TPSA) is 96.8 Å². The number of amides is 3. The minimum Gasteiger partial charge on any atom is -0.355 e. The van der Waals surface area contributed by atoms with Crippen LogP contribution in [-0.4, -0.2) is 76.7 Å². The Kier molecular flexibility index (Phi) is 5.40. The zero-order chi connectivity index (χ0) is 23.4. The third-order valence-corrected chi connectivity index (χ3v) is 8.03. The molecule has 3 aliphatic heterocycles. The number of nitriles is 1. The lowest BCUT2D eigenvalue weighted by atomic mass is 10.0. The number of hydrogen-bond donors (Lipinski definition) is 1. The van der Waals surface area contributed by atoms with Gasteiger partial charge in [0.15, 0.2) is 0 Å². The largest absolute Gasteiger partial charge is 0.355 e. The lowest BCUT2D eigenvalue weighted by Gasteiger charge is -2.38. The van der Waals surface area contributed by atoms with Gasteiger partial charge in [0.05, 0.1) is 18.2 Å². The Morgan fingerprint density at radius 1 is 1.24 bits per heavy atom. The first-order chi connectivity index (χ1) is 15.8. The summed E-state index contributed by atoms with van der Waals surface area (Å²) in [6, 6.07) is 9.48. The summed E-state index contributed by atoms with van der Waals surface area (Å²) in [5.41, 5.74) is 1.53. The number of carbonyl (C=O) groups excluding carboxylic acids is 3. The number of hydrogen-bond acceptors (Lipinski definition) is 5. The molecule has 1 saturated carbocycles. The van der Waals surface area contributed by atoms with E-state index >= 15 is 0 Å². The molecular weight excluding hydrogens is 418 g/mol. The van der Waals surface area contributed by atoms with Gasteiger partial charge in [0.25, 0.3) is 5.91 Å². The van der Waals surface area contributed by atoms with Gasteiger partial charge in [0.2, 0.25) is 11.8 Å². The zero-order valence-corrected chi connectivity index (χ0v) is 19.4. The van der Waals surface area contributed by atoms with Gasteiger partial charge in [-0.15, -0.1) is 0 Å². The number of nitrogens with one attached hydrogen (secondary N) is 1. The highest BCUT2D eigenvalue weighted by Crippen LogP contribution is 2.48. The van der Waals surface area contributed by atoms with Crippen molar-refractivity contribution in [3.8, 4) is 6.07 Å². The van der Waals surface area contributed by atoms with Crippen molar-refractivity contribution in [2.24, 2.45) is 11.8 Å². The van der Waals surface area contributed by atoms with E-state index in [1.807, 2.05) is 41.8 Å². The van der Waals surface area contributed by atoms with Crippen LogP contribution in [0.2, 0.25) is 0 Å². The van der Waals surface area contributed by atoms with E-state index in [1.165, 1.54) is 0 Å². The van der Waals surface area contributed by atoms with Gasteiger partial charge in [-0.1, -0.05) is 19.1 Å². The highest BCUT2D eigenvalue weighted by atomic mass is 16.2. The number of rotatable bonds is 6. The SMILES string of the molecule is CNC(=O)c1cccc([C@H](C)N2C(=O)[C@H]3C[C@@H]2CN3C[C@H](C)C(=O)N2C3C[C@H]3C[C@H]2C#N)c1. The molecule has 1 unspecified atom stereocenters. The molecule has 4 aliphatic rings. The quantitative estimate of drug-likeness (QED) is 0.711. The van der Waals surface area contributed by atoms with E-state index < -0.39 is 0 Å². The number of nitrogens with zero attached hydrogens (tertiary/aromatic N) is 4. The molecule has 0 radical (unpaired) electrons. The van der Waals surface area contributed by atoms with Gasteiger partial charge in [-0.05, 0) is 49.8 Å². The molecule has 5 rings (SSSR count). The summed E-state index contributed by atoms with van der Waals surface area (Å²) in [6.07, 6.45) is 2.60. The zero-order valence-electron chi connectivity index (χ0n) is 19.4. The average Bonchev–Trinajstić information content (AvgIpc) is 3.15. The first-order valence-electron chi connectivity index (χ1n) is 11.9. The molecule has 0 aromatic heterocycles. The Morgan fingerprint density at radius 3 is 2.73 bits per heavy atom. The number of piperazine rings is 1. The predicted molar refractivity (Wildman–Crippen MR) is 121 cm³/mol. The molecule has 174 valence electrons. The van der Waals surface area contributed by atoms with E-state index in [1.54, 1.807) is 13.1 Å². The highest BCUT2D eigenvalue weighted by molar-refractivity contribution is 5.94.